The molecule has 1 unspecified atom stereocenters. The first-order valence-electron chi connectivity index (χ1n) is 10.2. The zero-order valence-corrected chi connectivity index (χ0v) is 16.5. The molecule has 3 aromatic rings. The molecule has 0 aliphatic carbocycles. The first-order valence-corrected chi connectivity index (χ1v) is 10.2. The molecule has 0 bridgehead atoms. The molecule has 2 aliphatic heterocycles. The summed E-state index contributed by atoms with van der Waals surface area (Å²) < 4.78 is 13.2. The van der Waals surface area contributed by atoms with Crippen molar-refractivity contribution in [1.29, 1.82) is 0 Å². The van der Waals surface area contributed by atoms with Gasteiger partial charge in [0.2, 0.25) is 11.8 Å². The molecule has 0 spiro atoms. The van der Waals surface area contributed by atoms with Gasteiger partial charge in [0, 0.05) is 54.4 Å². The van der Waals surface area contributed by atoms with Gasteiger partial charge in [0.25, 0.3) is 0 Å². The molecule has 1 N–H and O–H groups in total. The Morgan fingerprint density at radius 1 is 1.10 bits per heavy atom. The van der Waals surface area contributed by atoms with Crippen molar-refractivity contribution < 1.29 is 14.0 Å². The Morgan fingerprint density at radius 3 is 2.67 bits per heavy atom. The maximum absolute atomic E-state index is 13.2. The molecule has 1 saturated heterocycles. The predicted octanol–water partition coefficient (Wildman–Crippen LogP) is 3.98. The normalized spacial score (nSPS) is 19.4. The Balaban J connectivity index is 1.28. The van der Waals surface area contributed by atoms with E-state index in [-0.39, 0.29) is 30.0 Å². The SMILES string of the molecule is O=C(C1CC(=O)N(c2ccc(F)cc2)C1)N1CC=C(c2c[nH]c3ccccc23)CC1. The molecular weight excluding hydrogens is 381 g/mol. The first kappa shape index (κ1) is 18.6. The average Bonchev–Trinajstić information content (AvgIpc) is 3.38. The van der Waals surface area contributed by atoms with Gasteiger partial charge in [-0.25, -0.2) is 4.39 Å². The van der Waals surface area contributed by atoms with E-state index in [4.69, 9.17) is 0 Å². The number of amides is 2. The third kappa shape index (κ3) is 3.28. The summed E-state index contributed by atoms with van der Waals surface area (Å²) in [6.07, 6.45) is 5.14. The fraction of sp³-hybridized carbons (Fsp3) is 0.250. The molecule has 0 radical (unpaired) electrons. The van der Waals surface area contributed by atoms with Gasteiger partial charge in [-0.1, -0.05) is 24.3 Å². The van der Waals surface area contributed by atoms with Gasteiger partial charge in [-0.2, -0.15) is 0 Å². The van der Waals surface area contributed by atoms with Gasteiger partial charge in [-0.15, -0.1) is 0 Å². The third-order valence-corrected chi connectivity index (χ3v) is 6.07. The Kier molecular flexibility index (Phi) is 4.62. The summed E-state index contributed by atoms with van der Waals surface area (Å²) in [6.45, 7) is 1.54. The van der Waals surface area contributed by atoms with Gasteiger partial charge >= 0.3 is 0 Å². The van der Waals surface area contributed by atoms with Crippen molar-refractivity contribution in [2.24, 2.45) is 5.92 Å². The second-order valence-corrected chi connectivity index (χ2v) is 7.89. The van der Waals surface area contributed by atoms with E-state index in [2.05, 4.69) is 23.2 Å². The molecule has 2 aromatic carbocycles. The number of aromatic amines is 1. The van der Waals surface area contributed by atoms with Crippen LogP contribution in [0.2, 0.25) is 0 Å². The highest BCUT2D eigenvalue weighted by Crippen LogP contribution is 2.31. The number of nitrogens with one attached hydrogen (secondary N) is 1. The maximum Gasteiger partial charge on any atom is 0.228 e. The number of H-pyrrole nitrogens is 1. The van der Waals surface area contributed by atoms with E-state index in [0.29, 0.717) is 25.3 Å². The van der Waals surface area contributed by atoms with Crippen LogP contribution in [0.5, 0.6) is 0 Å². The molecule has 0 saturated carbocycles. The van der Waals surface area contributed by atoms with E-state index in [9.17, 15) is 14.0 Å². The second kappa shape index (κ2) is 7.44. The minimum atomic E-state index is -0.356. The van der Waals surface area contributed by atoms with Crippen LogP contribution in [0.15, 0.2) is 60.8 Å². The highest BCUT2D eigenvalue weighted by molar-refractivity contribution is 6.00. The lowest BCUT2D eigenvalue weighted by Gasteiger charge is -2.28. The Bertz CT molecular complexity index is 1150. The average molecular weight is 403 g/mol. The summed E-state index contributed by atoms with van der Waals surface area (Å²) in [4.78, 5) is 32.2. The standard InChI is InChI=1S/C24H22FN3O2/c25-18-5-7-19(8-6-18)28-15-17(13-23(28)29)24(30)27-11-9-16(10-12-27)21-14-26-22-4-2-1-3-20(21)22/h1-9,14,17,26H,10-13,15H2. The molecular formula is C24H22FN3O2. The van der Waals surface area contributed by atoms with Gasteiger partial charge in [-0.05, 0) is 42.3 Å². The van der Waals surface area contributed by atoms with Gasteiger partial charge in [0.1, 0.15) is 5.82 Å². The number of carbonyl (C=O) groups is 2. The van der Waals surface area contributed by atoms with E-state index >= 15 is 0 Å². The van der Waals surface area contributed by atoms with Crippen LogP contribution in [-0.2, 0) is 9.59 Å². The van der Waals surface area contributed by atoms with Crippen LogP contribution >= 0.6 is 0 Å². The molecule has 2 amide bonds. The van der Waals surface area contributed by atoms with Crippen molar-refractivity contribution in [3.8, 4) is 0 Å². The molecule has 30 heavy (non-hydrogen) atoms. The van der Waals surface area contributed by atoms with Crippen LogP contribution in [-0.4, -0.2) is 41.3 Å². The van der Waals surface area contributed by atoms with Crippen LogP contribution in [0.1, 0.15) is 18.4 Å². The van der Waals surface area contributed by atoms with Crippen LogP contribution in [0, 0.1) is 11.7 Å². The molecule has 5 rings (SSSR count). The van der Waals surface area contributed by atoms with Crippen LogP contribution < -0.4 is 4.90 Å². The summed E-state index contributed by atoms with van der Waals surface area (Å²) in [5, 5.41) is 1.19. The van der Waals surface area contributed by atoms with Crippen LogP contribution in [0.25, 0.3) is 16.5 Å². The fourth-order valence-electron chi connectivity index (χ4n) is 4.45. The number of anilines is 1. The van der Waals surface area contributed by atoms with Gasteiger partial charge in [0.05, 0.1) is 5.92 Å². The van der Waals surface area contributed by atoms with Gasteiger partial charge in [-0.3, -0.25) is 9.59 Å². The molecule has 1 atom stereocenters. The predicted molar refractivity (Wildman–Crippen MR) is 114 cm³/mol. The number of hydrogen-bond acceptors (Lipinski definition) is 2. The van der Waals surface area contributed by atoms with E-state index < -0.39 is 0 Å². The number of carbonyl (C=O) groups excluding carboxylic acids is 2. The number of hydrogen-bond donors (Lipinski definition) is 1. The number of fused-ring (bicyclic) bond motifs is 1. The monoisotopic (exact) mass is 403 g/mol. The Hall–Kier alpha value is -3.41. The molecule has 152 valence electrons. The van der Waals surface area contributed by atoms with E-state index in [1.165, 1.54) is 28.7 Å². The number of rotatable bonds is 3. The topological polar surface area (TPSA) is 56.4 Å². The zero-order chi connectivity index (χ0) is 20.7. The second-order valence-electron chi connectivity index (χ2n) is 7.89. The largest absolute Gasteiger partial charge is 0.361 e. The highest BCUT2D eigenvalue weighted by Gasteiger charge is 2.37. The quantitative estimate of drug-likeness (QED) is 0.719. The van der Waals surface area contributed by atoms with Gasteiger partial charge < -0.3 is 14.8 Å². The first-order chi connectivity index (χ1) is 14.6. The lowest BCUT2D eigenvalue weighted by molar-refractivity contribution is -0.135. The van der Waals surface area contributed by atoms with Crippen molar-refractivity contribution >= 4 is 34.0 Å². The number of halogens is 1. The number of para-hydroxylation sites is 1. The molecule has 1 aromatic heterocycles. The summed E-state index contributed by atoms with van der Waals surface area (Å²) in [7, 11) is 0. The smallest absolute Gasteiger partial charge is 0.228 e. The van der Waals surface area contributed by atoms with Crippen molar-refractivity contribution in [2.45, 2.75) is 12.8 Å². The summed E-state index contributed by atoms with van der Waals surface area (Å²) in [5.41, 5.74) is 4.18. The number of nitrogens with zero attached hydrogens (tertiary/aromatic N) is 2. The van der Waals surface area contributed by atoms with Crippen molar-refractivity contribution in [1.82, 2.24) is 9.88 Å². The molecule has 1 fully saturated rings. The fourth-order valence-corrected chi connectivity index (χ4v) is 4.45. The van der Waals surface area contributed by atoms with E-state index in [1.54, 1.807) is 17.0 Å². The molecule has 5 nitrogen and oxygen atoms in total. The van der Waals surface area contributed by atoms with Crippen LogP contribution in [0.4, 0.5) is 10.1 Å². The Morgan fingerprint density at radius 2 is 1.90 bits per heavy atom. The maximum atomic E-state index is 13.2. The molecule has 6 heteroatoms. The minimum Gasteiger partial charge on any atom is -0.361 e. The molecule has 3 heterocycles. The summed E-state index contributed by atoms with van der Waals surface area (Å²) >= 11 is 0. The number of benzene rings is 2. The third-order valence-electron chi connectivity index (χ3n) is 6.07. The minimum absolute atomic E-state index is 0.0159. The number of aromatic nitrogens is 1. The summed E-state index contributed by atoms with van der Waals surface area (Å²) in [5.74, 6) is -0.774. The van der Waals surface area contributed by atoms with Crippen LogP contribution in [0.3, 0.4) is 0 Å². The summed E-state index contributed by atoms with van der Waals surface area (Å²) in [6, 6.07) is 14.0. The van der Waals surface area contributed by atoms with Gasteiger partial charge in [0.15, 0.2) is 0 Å². The zero-order valence-electron chi connectivity index (χ0n) is 16.5. The van der Waals surface area contributed by atoms with E-state index in [0.717, 1.165) is 11.9 Å². The highest BCUT2D eigenvalue weighted by atomic mass is 19.1. The lowest BCUT2D eigenvalue weighted by atomic mass is 9.98. The molecule has 2 aliphatic rings. The lowest BCUT2D eigenvalue weighted by Crippen LogP contribution is -2.39. The van der Waals surface area contributed by atoms with Crippen molar-refractivity contribution in [3.05, 3.63) is 72.2 Å². The van der Waals surface area contributed by atoms with E-state index in [1.807, 2.05) is 23.2 Å². The Labute approximate surface area is 173 Å². The van der Waals surface area contributed by atoms with Crippen molar-refractivity contribution in [2.75, 3.05) is 24.5 Å². The van der Waals surface area contributed by atoms with Crippen molar-refractivity contribution in [3.63, 3.8) is 0 Å².